The molecule has 1 N–H and O–H groups in total. The third-order valence-corrected chi connectivity index (χ3v) is 5.04. The number of ketones is 1. The van der Waals surface area contributed by atoms with Crippen LogP contribution in [0, 0.1) is 17.2 Å². The van der Waals surface area contributed by atoms with Crippen LogP contribution < -0.4 is 5.32 Å². The number of carbonyl (C=O) groups is 2. The minimum Gasteiger partial charge on any atom is -0.444 e. The summed E-state index contributed by atoms with van der Waals surface area (Å²) in [7, 11) is 0. The van der Waals surface area contributed by atoms with Gasteiger partial charge in [-0.2, -0.15) is 5.26 Å². The molecule has 0 heterocycles. The Bertz CT molecular complexity index is 782. The summed E-state index contributed by atoms with van der Waals surface area (Å²) in [5, 5.41) is 11.8. The first kappa shape index (κ1) is 22.7. The van der Waals surface area contributed by atoms with Gasteiger partial charge in [0.05, 0.1) is 17.7 Å². The Labute approximate surface area is 174 Å². The number of amides is 1. The van der Waals surface area contributed by atoms with E-state index in [9.17, 15) is 9.59 Å². The Morgan fingerprint density at radius 2 is 1.93 bits per heavy atom. The molecule has 1 aliphatic carbocycles. The molecule has 0 aromatic heterocycles. The van der Waals surface area contributed by atoms with Crippen molar-refractivity contribution in [3.63, 3.8) is 0 Å². The summed E-state index contributed by atoms with van der Waals surface area (Å²) in [5.74, 6) is 0.631. The van der Waals surface area contributed by atoms with Gasteiger partial charge in [-0.15, -0.1) is 0 Å². The van der Waals surface area contributed by atoms with Crippen molar-refractivity contribution < 1.29 is 14.3 Å². The SMILES string of the molecule is CC1CC/C=C(/C(=O)[C@@H](Cc2ccc(C#N)cc2)NC(=O)OC(C)(C)C)CCC1. The van der Waals surface area contributed by atoms with Crippen molar-refractivity contribution in [1.29, 1.82) is 5.26 Å². The first-order valence-electron chi connectivity index (χ1n) is 10.4. The van der Waals surface area contributed by atoms with Gasteiger partial charge in [0.1, 0.15) is 5.60 Å². The molecule has 0 bridgehead atoms. The third-order valence-electron chi connectivity index (χ3n) is 5.04. The number of allylic oxidation sites excluding steroid dienone is 1. The van der Waals surface area contributed by atoms with Crippen molar-refractivity contribution in [2.75, 3.05) is 0 Å². The summed E-state index contributed by atoms with van der Waals surface area (Å²) < 4.78 is 5.37. The maximum Gasteiger partial charge on any atom is 0.408 e. The van der Waals surface area contributed by atoms with Gasteiger partial charge in [-0.25, -0.2) is 4.79 Å². The predicted molar refractivity (Wildman–Crippen MR) is 113 cm³/mol. The predicted octanol–water partition coefficient (Wildman–Crippen LogP) is 5.09. The molecule has 0 saturated carbocycles. The van der Waals surface area contributed by atoms with Gasteiger partial charge in [0.25, 0.3) is 0 Å². The van der Waals surface area contributed by atoms with Crippen molar-refractivity contribution in [1.82, 2.24) is 5.32 Å². The number of carbonyl (C=O) groups excluding carboxylic acids is 2. The van der Waals surface area contributed by atoms with Gasteiger partial charge in [0.15, 0.2) is 5.78 Å². The van der Waals surface area contributed by atoms with Crippen LogP contribution >= 0.6 is 0 Å². The van der Waals surface area contributed by atoms with Gasteiger partial charge in [-0.1, -0.05) is 31.6 Å². The number of rotatable bonds is 5. The van der Waals surface area contributed by atoms with Gasteiger partial charge in [-0.05, 0) is 75.6 Å². The van der Waals surface area contributed by atoms with E-state index in [0.717, 1.165) is 43.2 Å². The van der Waals surface area contributed by atoms with Crippen LogP contribution in [-0.4, -0.2) is 23.5 Å². The highest BCUT2D eigenvalue weighted by atomic mass is 16.6. The van der Waals surface area contributed by atoms with E-state index in [1.807, 2.05) is 18.2 Å². The molecule has 0 saturated heterocycles. The molecule has 156 valence electrons. The molecule has 2 atom stereocenters. The van der Waals surface area contributed by atoms with E-state index in [1.54, 1.807) is 32.9 Å². The first-order valence-corrected chi connectivity index (χ1v) is 10.4. The number of benzene rings is 1. The normalized spacial score (nSPS) is 20.2. The highest BCUT2D eigenvalue weighted by Crippen LogP contribution is 2.23. The average Bonchev–Trinajstić information content (AvgIpc) is 2.62. The molecule has 0 fully saturated rings. The molecule has 0 radical (unpaired) electrons. The number of hydrogen-bond donors (Lipinski definition) is 1. The van der Waals surface area contributed by atoms with Crippen LogP contribution in [0.25, 0.3) is 0 Å². The lowest BCUT2D eigenvalue weighted by molar-refractivity contribution is -0.117. The van der Waals surface area contributed by atoms with E-state index in [-0.39, 0.29) is 5.78 Å². The summed E-state index contributed by atoms with van der Waals surface area (Å²) in [6.07, 6.45) is 6.61. The molecule has 2 rings (SSSR count). The zero-order chi connectivity index (χ0) is 21.4. The van der Waals surface area contributed by atoms with E-state index < -0.39 is 17.7 Å². The number of Topliss-reactive ketones (excluding diaryl/α,β-unsaturated/α-hetero) is 1. The maximum absolute atomic E-state index is 13.3. The van der Waals surface area contributed by atoms with Crippen molar-refractivity contribution in [3.05, 3.63) is 47.0 Å². The van der Waals surface area contributed by atoms with Crippen LogP contribution in [0.2, 0.25) is 0 Å². The van der Waals surface area contributed by atoms with Crippen LogP contribution in [0.15, 0.2) is 35.9 Å². The summed E-state index contributed by atoms with van der Waals surface area (Å²) in [6, 6.07) is 8.49. The highest BCUT2D eigenvalue weighted by molar-refractivity contribution is 6.01. The van der Waals surface area contributed by atoms with Gasteiger partial charge < -0.3 is 10.1 Å². The highest BCUT2D eigenvalue weighted by Gasteiger charge is 2.27. The average molecular weight is 397 g/mol. The fraction of sp³-hybridized carbons (Fsp3) is 0.542. The second kappa shape index (κ2) is 10.2. The molecule has 1 amide bonds. The number of ether oxygens (including phenoxy) is 1. The van der Waals surface area contributed by atoms with E-state index >= 15 is 0 Å². The number of nitrogens with zero attached hydrogens (tertiary/aromatic N) is 1. The monoisotopic (exact) mass is 396 g/mol. The smallest absolute Gasteiger partial charge is 0.408 e. The van der Waals surface area contributed by atoms with Crippen molar-refractivity contribution >= 4 is 11.9 Å². The first-order chi connectivity index (χ1) is 13.7. The fourth-order valence-corrected chi connectivity index (χ4v) is 3.49. The van der Waals surface area contributed by atoms with E-state index in [4.69, 9.17) is 10.00 Å². The number of hydrogen-bond acceptors (Lipinski definition) is 4. The Hall–Kier alpha value is -2.61. The second-order valence-electron chi connectivity index (χ2n) is 8.88. The zero-order valence-corrected chi connectivity index (χ0v) is 18.0. The van der Waals surface area contributed by atoms with Crippen molar-refractivity contribution in [2.24, 2.45) is 5.92 Å². The molecule has 0 aliphatic heterocycles. The van der Waals surface area contributed by atoms with Gasteiger partial charge >= 0.3 is 6.09 Å². The van der Waals surface area contributed by atoms with Crippen LogP contribution in [-0.2, 0) is 16.0 Å². The Kier molecular flexibility index (Phi) is 8.01. The summed E-state index contributed by atoms with van der Waals surface area (Å²) in [4.78, 5) is 25.6. The molecule has 1 aromatic carbocycles. The number of nitrogens with one attached hydrogen (secondary N) is 1. The number of alkyl carbamates (subject to hydrolysis) is 1. The molecular weight excluding hydrogens is 364 g/mol. The largest absolute Gasteiger partial charge is 0.444 e. The molecule has 1 aromatic rings. The quantitative estimate of drug-likeness (QED) is 0.752. The lowest BCUT2D eigenvalue weighted by atomic mass is 9.88. The molecule has 1 unspecified atom stereocenters. The Balaban J connectivity index is 2.19. The lowest BCUT2D eigenvalue weighted by Gasteiger charge is -2.24. The molecular formula is C24H32N2O3. The minimum atomic E-state index is -0.694. The molecule has 29 heavy (non-hydrogen) atoms. The zero-order valence-electron chi connectivity index (χ0n) is 18.0. The van der Waals surface area contributed by atoms with Gasteiger partial charge in [0.2, 0.25) is 0 Å². The molecule has 0 spiro atoms. The Morgan fingerprint density at radius 1 is 1.24 bits per heavy atom. The van der Waals surface area contributed by atoms with Crippen LogP contribution in [0.4, 0.5) is 4.79 Å². The third kappa shape index (κ3) is 7.73. The minimum absolute atomic E-state index is 0.0465. The lowest BCUT2D eigenvalue weighted by Crippen LogP contribution is -2.45. The summed E-state index contributed by atoms with van der Waals surface area (Å²) in [5.41, 5.74) is 1.61. The van der Waals surface area contributed by atoms with Gasteiger partial charge in [-0.3, -0.25) is 4.79 Å². The molecule has 5 nitrogen and oxygen atoms in total. The van der Waals surface area contributed by atoms with Crippen LogP contribution in [0.5, 0.6) is 0 Å². The van der Waals surface area contributed by atoms with Gasteiger partial charge in [0, 0.05) is 6.42 Å². The van der Waals surface area contributed by atoms with Crippen LogP contribution in [0.1, 0.15) is 70.9 Å². The van der Waals surface area contributed by atoms with E-state index in [0.29, 0.717) is 17.9 Å². The second-order valence-corrected chi connectivity index (χ2v) is 8.88. The summed E-state index contributed by atoms with van der Waals surface area (Å²) >= 11 is 0. The van der Waals surface area contributed by atoms with Crippen LogP contribution in [0.3, 0.4) is 0 Å². The molecule has 5 heteroatoms. The van der Waals surface area contributed by atoms with Crippen molar-refractivity contribution in [3.8, 4) is 6.07 Å². The standard InChI is InChI=1S/C24H32N2O3/c1-17-7-5-9-20(10-6-8-17)22(27)21(26-23(28)29-24(2,3)4)15-18-11-13-19(16-25)14-12-18/h9,11-14,17,21H,5-8,10,15H2,1-4H3,(H,26,28)/b20-9+/t17?,21-/m1/s1. The topological polar surface area (TPSA) is 79.2 Å². The molecule has 1 aliphatic rings. The Morgan fingerprint density at radius 3 is 2.55 bits per heavy atom. The number of nitriles is 1. The van der Waals surface area contributed by atoms with Crippen molar-refractivity contribution in [2.45, 2.75) is 77.9 Å². The van der Waals surface area contributed by atoms with E-state index in [2.05, 4.69) is 18.3 Å². The summed E-state index contributed by atoms with van der Waals surface area (Å²) in [6.45, 7) is 7.63. The fourth-order valence-electron chi connectivity index (χ4n) is 3.49. The maximum atomic E-state index is 13.3. The van der Waals surface area contributed by atoms with E-state index in [1.165, 1.54) is 0 Å².